The van der Waals surface area contributed by atoms with Crippen LogP contribution in [-0.4, -0.2) is 19.9 Å². The van der Waals surface area contributed by atoms with Gasteiger partial charge in [-0.3, -0.25) is 0 Å². The number of halogens is 1. The molecule has 1 aromatic carbocycles. The molecule has 0 unspecified atom stereocenters. The van der Waals surface area contributed by atoms with Crippen molar-refractivity contribution in [3.8, 4) is 11.4 Å². The molecular weight excluding hydrogens is 309 g/mol. The Morgan fingerprint density at radius 2 is 2.05 bits per heavy atom. The Morgan fingerprint density at radius 3 is 2.71 bits per heavy atom. The van der Waals surface area contributed by atoms with Crippen molar-refractivity contribution in [1.82, 2.24) is 19.9 Å². The summed E-state index contributed by atoms with van der Waals surface area (Å²) in [6, 6.07) is 5.99. The average Bonchev–Trinajstić information content (AvgIpc) is 3.04. The van der Waals surface area contributed by atoms with Gasteiger partial charge in [0.15, 0.2) is 5.82 Å². The largest absolute Gasteiger partial charge is 0.335 e. The van der Waals surface area contributed by atoms with Crippen molar-refractivity contribution in [2.45, 2.75) is 17.8 Å². The molecule has 0 aliphatic carbocycles. The highest BCUT2D eigenvalue weighted by Crippen LogP contribution is 2.24. The van der Waals surface area contributed by atoms with Crippen molar-refractivity contribution in [3.05, 3.63) is 46.2 Å². The molecule has 0 fully saturated rings. The normalized spacial score (nSPS) is 11.0. The van der Waals surface area contributed by atoms with Crippen molar-refractivity contribution in [2.24, 2.45) is 0 Å². The number of nitrogen functional groups attached to an aromatic ring is 1. The summed E-state index contributed by atoms with van der Waals surface area (Å²) in [5.41, 5.74) is 1.72. The minimum Gasteiger partial charge on any atom is -0.335 e. The Morgan fingerprint density at radius 1 is 1.29 bits per heavy atom. The van der Waals surface area contributed by atoms with E-state index < -0.39 is 0 Å². The van der Waals surface area contributed by atoms with E-state index in [0.29, 0.717) is 16.7 Å². The zero-order valence-electron chi connectivity index (χ0n) is 11.2. The highest BCUT2D eigenvalue weighted by Gasteiger charge is 2.12. The number of thiazole rings is 1. The number of aromatic nitrogens is 4. The molecule has 2 heterocycles. The lowest BCUT2D eigenvalue weighted by Crippen LogP contribution is -2.11. The van der Waals surface area contributed by atoms with Gasteiger partial charge < -0.3 is 5.84 Å². The molecule has 0 radical (unpaired) electrons. The van der Waals surface area contributed by atoms with Crippen LogP contribution in [0.15, 0.2) is 34.8 Å². The van der Waals surface area contributed by atoms with Crippen molar-refractivity contribution in [3.63, 3.8) is 0 Å². The molecule has 2 N–H and O–H groups in total. The SMILES string of the molecule is Cc1nc(CSc2nnc(-c3ccc(F)cc3)n2N)cs1. The number of hydrogen-bond donors (Lipinski definition) is 1. The summed E-state index contributed by atoms with van der Waals surface area (Å²) < 4.78 is 14.3. The maximum atomic E-state index is 12.9. The van der Waals surface area contributed by atoms with Crippen LogP contribution in [0, 0.1) is 12.7 Å². The summed E-state index contributed by atoms with van der Waals surface area (Å²) in [7, 11) is 0. The van der Waals surface area contributed by atoms with Gasteiger partial charge in [-0.1, -0.05) is 11.8 Å². The van der Waals surface area contributed by atoms with Gasteiger partial charge in [-0.2, -0.15) is 0 Å². The Hall–Kier alpha value is -1.93. The van der Waals surface area contributed by atoms with Crippen LogP contribution in [0.2, 0.25) is 0 Å². The first-order chi connectivity index (χ1) is 10.1. The molecule has 0 spiro atoms. The van der Waals surface area contributed by atoms with Gasteiger partial charge in [0.2, 0.25) is 5.16 Å². The molecule has 8 heteroatoms. The van der Waals surface area contributed by atoms with Crippen molar-refractivity contribution < 1.29 is 4.39 Å². The van der Waals surface area contributed by atoms with Crippen LogP contribution in [-0.2, 0) is 5.75 Å². The molecule has 0 aliphatic rings. The number of benzene rings is 1. The molecule has 0 atom stereocenters. The van der Waals surface area contributed by atoms with Gasteiger partial charge in [-0.05, 0) is 31.2 Å². The summed E-state index contributed by atoms with van der Waals surface area (Å²) in [5.74, 6) is 6.90. The van der Waals surface area contributed by atoms with E-state index in [9.17, 15) is 4.39 Å². The molecular formula is C13H12FN5S2. The zero-order valence-corrected chi connectivity index (χ0v) is 12.8. The van der Waals surface area contributed by atoms with E-state index in [1.807, 2.05) is 12.3 Å². The van der Waals surface area contributed by atoms with Crippen molar-refractivity contribution in [2.75, 3.05) is 5.84 Å². The van der Waals surface area contributed by atoms with Gasteiger partial charge >= 0.3 is 0 Å². The maximum Gasteiger partial charge on any atom is 0.210 e. The van der Waals surface area contributed by atoms with E-state index in [1.165, 1.54) is 28.6 Å². The fourth-order valence-corrected chi connectivity index (χ4v) is 3.25. The molecule has 3 rings (SSSR count). The quantitative estimate of drug-likeness (QED) is 0.591. The summed E-state index contributed by atoms with van der Waals surface area (Å²) in [6.45, 7) is 1.97. The third kappa shape index (κ3) is 3.06. The lowest BCUT2D eigenvalue weighted by Gasteiger charge is -2.03. The van der Waals surface area contributed by atoms with Gasteiger partial charge in [0.25, 0.3) is 0 Å². The van der Waals surface area contributed by atoms with Gasteiger partial charge in [0, 0.05) is 16.7 Å². The molecule has 0 amide bonds. The van der Waals surface area contributed by atoms with E-state index >= 15 is 0 Å². The lowest BCUT2D eigenvalue weighted by atomic mass is 10.2. The molecule has 2 aromatic heterocycles. The molecule has 0 aliphatic heterocycles. The van der Waals surface area contributed by atoms with Crippen LogP contribution in [0.5, 0.6) is 0 Å². The predicted octanol–water partition coefficient (Wildman–Crippen LogP) is 2.86. The fourth-order valence-electron chi connectivity index (χ4n) is 1.78. The Kier molecular flexibility index (Phi) is 3.89. The number of hydrogen-bond acceptors (Lipinski definition) is 6. The number of thioether (sulfide) groups is 1. The van der Waals surface area contributed by atoms with Crippen LogP contribution in [0.3, 0.4) is 0 Å². The second-order valence-corrected chi connectivity index (χ2v) is 6.33. The third-order valence-corrected chi connectivity index (χ3v) is 4.58. The van der Waals surface area contributed by atoms with Crippen LogP contribution in [0.1, 0.15) is 10.7 Å². The topological polar surface area (TPSA) is 69.6 Å². The second-order valence-electron chi connectivity index (χ2n) is 4.33. The van der Waals surface area contributed by atoms with Crippen LogP contribution in [0.4, 0.5) is 4.39 Å². The van der Waals surface area contributed by atoms with Crippen LogP contribution < -0.4 is 5.84 Å². The fraction of sp³-hybridized carbons (Fsp3) is 0.154. The minimum atomic E-state index is -0.296. The van der Waals surface area contributed by atoms with Gasteiger partial charge in [0.1, 0.15) is 5.82 Å². The predicted molar refractivity (Wildman–Crippen MR) is 82.0 cm³/mol. The van der Waals surface area contributed by atoms with Crippen LogP contribution in [0.25, 0.3) is 11.4 Å². The third-order valence-electron chi connectivity index (χ3n) is 2.78. The summed E-state index contributed by atoms with van der Waals surface area (Å²) in [5, 5.41) is 11.8. The Labute approximate surface area is 129 Å². The summed E-state index contributed by atoms with van der Waals surface area (Å²) >= 11 is 3.08. The molecule has 21 heavy (non-hydrogen) atoms. The van der Waals surface area contributed by atoms with Crippen LogP contribution >= 0.6 is 23.1 Å². The van der Waals surface area contributed by atoms with E-state index in [2.05, 4.69) is 15.2 Å². The molecule has 108 valence electrons. The number of nitrogens with two attached hydrogens (primary N) is 1. The molecule has 0 saturated carbocycles. The van der Waals surface area contributed by atoms with Gasteiger partial charge in [0.05, 0.1) is 10.7 Å². The Bertz CT molecular complexity index is 750. The first-order valence-corrected chi connectivity index (χ1v) is 8.00. The monoisotopic (exact) mass is 321 g/mol. The van der Waals surface area contributed by atoms with E-state index in [1.54, 1.807) is 23.5 Å². The molecule has 3 aromatic rings. The van der Waals surface area contributed by atoms with E-state index in [-0.39, 0.29) is 5.82 Å². The first-order valence-electron chi connectivity index (χ1n) is 6.14. The van der Waals surface area contributed by atoms with E-state index in [0.717, 1.165) is 16.3 Å². The highest BCUT2D eigenvalue weighted by molar-refractivity contribution is 7.98. The number of rotatable bonds is 4. The van der Waals surface area contributed by atoms with Gasteiger partial charge in [-0.15, -0.1) is 21.5 Å². The molecule has 5 nitrogen and oxygen atoms in total. The molecule has 0 bridgehead atoms. The van der Waals surface area contributed by atoms with Crippen molar-refractivity contribution >= 4 is 23.1 Å². The van der Waals surface area contributed by atoms with Crippen molar-refractivity contribution in [1.29, 1.82) is 0 Å². The molecule has 0 saturated heterocycles. The van der Waals surface area contributed by atoms with E-state index in [4.69, 9.17) is 5.84 Å². The minimum absolute atomic E-state index is 0.296. The standard InChI is InChI=1S/C13H12FN5S2/c1-8-16-11(6-20-8)7-21-13-18-17-12(19(13)15)9-2-4-10(14)5-3-9/h2-6H,7,15H2,1H3. The number of nitrogens with zero attached hydrogens (tertiary/aromatic N) is 4. The summed E-state index contributed by atoms with van der Waals surface area (Å²) in [4.78, 5) is 4.39. The van der Waals surface area contributed by atoms with Gasteiger partial charge in [-0.25, -0.2) is 14.1 Å². The second kappa shape index (κ2) is 5.82. The summed E-state index contributed by atoms with van der Waals surface area (Å²) in [6.07, 6.45) is 0. The maximum absolute atomic E-state index is 12.9. The lowest BCUT2D eigenvalue weighted by molar-refractivity contribution is 0.628. The first kappa shape index (κ1) is 14.0. The highest BCUT2D eigenvalue weighted by atomic mass is 32.2. The Balaban J connectivity index is 1.77. The average molecular weight is 321 g/mol. The smallest absolute Gasteiger partial charge is 0.210 e. The zero-order chi connectivity index (χ0) is 14.8. The number of aryl methyl sites for hydroxylation is 1.